The molecule has 0 spiro atoms. The van der Waals surface area contributed by atoms with Gasteiger partial charge in [-0.05, 0) is 26.2 Å². The van der Waals surface area contributed by atoms with Crippen molar-refractivity contribution in [1.82, 2.24) is 0 Å². The van der Waals surface area contributed by atoms with Crippen molar-refractivity contribution in [3.05, 3.63) is 11.0 Å². The molecule has 1 atom stereocenters. The first-order valence-electron chi connectivity index (χ1n) is 4.37. The summed E-state index contributed by atoms with van der Waals surface area (Å²) in [7, 11) is 0. The van der Waals surface area contributed by atoms with E-state index in [-0.39, 0.29) is 17.9 Å². The summed E-state index contributed by atoms with van der Waals surface area (Å²) < 4.78 is 18.6. The Balaban J connectivity index is 2.79. The van der Waals surface area contributed by atoms with Gasteiger partial charge in [-0.2, -0.15) is 0 Å². The minimum absolute atomic E-state index is 0.182. The first-order chi connectivity index (χ1) is 6.11. The van der Waals surface area contributed by atoms with Gasteiger partial charge in [0.05, 0.1) is 6.61 Å². The Morgan fingerprint density at radius 2 is 2.54 bits per heavy atom. The minimum Gasteiger partial charge on any atom is -0.463 e. The van der Waals surface area contributed by atoms with E-state index in [0.717, 1.165) is 6.42 Å². The van der Waals surface area contributed by atoms with Crippen LogP contribution < -0.4 is 0 Å². The van der Waals surface area contributed by atoms with E-state index in [9.17, 15) is 9.18 Å². The molecule has 2 nitrogen and oxygen atoms in total. The summed E-state index contributed by atoms with van der Waals surface area (Å²) in [5.41, 5.74) is -1.99. The molecule has 0 fully saturated rings. The standard InChI is InChI=1S/C9H13FO2S/c1-2-12-8(11)9(10)6-4-3-5-7(9)13/h5,13H,2-4,6H2,1H3. The van der Waals surface area contributed by atoms with Gasteiger partial charge in [0.2, 0.25) is 5.67 Å². The number of carbonyl (C=O) groups excluding carboxylic acids is 1. The predicted molar refractivity (Wildman–Crippen MR) is 51.4 cm³/mol. The van der Waals surface area contributed by atoms with Crippen molar-refractivity contribution < 1.29 is 13.9 Å². The van der Waals surface area contributed by atoms with Gasteiger partial charge in [-0.1, -0.05) is 6.08 Å². The van der Waals surface area contributed by atoms with Crippen molar-refractivity contribution in [1.29, 1.82) is 0 Å². The Labute approximate surface area is 82.6 Å². The number of rotatable bonds is 2. The normalized spacial score (nSPS) is 28.1. The summed E-state index contributed by atoms with van der Waals surface area (Å²) in [5.74, 6) is -0.809. The summed E-state index contributed by atoms with van der Waals surface area (Å²) in [6.45, 7) is 1.86. The molecule has 0 aromatic rings. The third-order valence-corrected chi connectivity index (χ3v) is 2.61. The van der Waals surface area contributed by atoms with E-state index >= 15 is 0 Å². The van der Waals surface area contributed by atoms with E-state index in [4.69, 9.17) is 0 Å². The molecule has 0 heterocycles. The largest absolute Gasteiger partial charge is 0.463 e. The lowest BCUT2D eigenvalue weighted by molar-refractivity contribution is -0.154. The van der Waals surface area contributed by atoms with Crippen LogP contribution in [-0.2, 0) is 9.53 Å². The van der Waals surface area contributed by atoms with Gasteiger partial charge in [-0.15, -0.1) is 12.6 Å². The molecule has 0 amide bonds. The average Bonchev–Trinajstić information content (AvgIpc) is 2.11. The van der Waals surface area contributed by atoms with Crippen molar-refractivity contribution >= 4 is 18.6 Å². The van der Waals surface area contributed by atoms with E-state index in [1.54, 1.807) is 13.0 Å². The molecular formula is C9H13FO2S. The van der Waals surface area contributed by atoms with Crippen LogP contribution in [0.25, 0.3) is 0 Å². The van der Waals surface area contributed by atoms with Gasteiger partial charge in [0.15, 0.2) is 0 Å². The summed E-state index contributed by atoms with van der Waals surface area (Å²) in [4.78, 5) is 11.4. The van der Waals surface area contributed by atoms with E-state index < -0.39 is 11.6 Å². The Kier molecular flexibility index (Phi) is 3.36. The van der Waals surface area contributed by atoms with Crippen LogP contribution in [-0.4, -0.2) is 18.2 Å². The number of hydrogen-bond donors (Lipinski definition) is 1. The van der Waals surface area contributed by atoms with Crippen LogP contribution in [0.2, 0.25) is 0 Å². The highest BCUT2D eigenvalue weighted by Gasteiger charge is 2.43. The lowest BCUT2D eigenvalue weighted by atomic mass is 9.92. The lowest BCUT2D eigenvalue weighted by Crippen LogP contribution is -2.37. The molecule has 1 aliphatic carbocycles. The van der Waals surface area contributed by atoms with Crippen LogP contribution >= 0.6 is 12.6 Å². The van der Waals surface area contributed by atoms with E-state index in [1.165, 1.54) is 0 Å². The molecule has 1 rings (SSSR count). The number of hydrogen-bond acceptors (Lipinski definition) is 3. The van der Waals surface area contributed by atoms with Crippen molar-refractivity contribution in [3.63, 3.8) is 0 Å². The second kappa shape index (κ2) is 4.13. The molecule has 0 N–H and O–H groups in total. The molecule has 13 heavy (non-hydrogen) atoms. The fraction of sp³-hybridized carbons (Fsp3) is 0.667. The van der Waals surface area contributed by atoms with Gasteiger partial charge in [0, 0.05) is 4.91 Å². The van der Waals surface area contributed by atoms with Crippen LogP contribution in [0.15, 0.2) is 11.0 Å². The topological polar surface area (TPSA) is 26.3 Å². The maximum Gasteiger partial charge on any atom is 0.349 e. The van der Waals surface area contributed by atoms with Gasteiger partial charge in [-0.3, -0.25) is 0 Å². The molecule has 1 unspecified atom stereocenters. The number of halogens is 1. The molecule has 74 valence electrons. The van der Waals surface area contributed by atoms with Crippen LogP contribution in [0.4, 0.5) is 4.39 Å². The van der Waals surface area contributed by atoms with Crippen LogP contribution in [0, 0.1) is 0 Å². The smallest absolute Gasteiger partial charge is 0.349 e. The molecule has 0 aromatic heterocycles. The molecule has 0 saturated carbocycles. The maximum absolute atomic E-state index is 13.9. The SMILES string of the molecule is CCOC(=O)C1(F)CCCC=C1S. The molecule has 0 bridgehead atoms. The van der Waals surface area contributed by atoms with E-state index in [1.807, 2.05) is 0 Å². The molecule has 0 aliphatic heterocycles. The quantitative estimate of drug-likeness (QED) is 0.551. The lowest BCUT2D eigenvalue weighted by Gasteiger charge is -2.26. The van der Waals surface area contributed by atoms with Crippen LogP contribution in [0.1, 0.15) is 26.2 Å². The molecule has 1 aliphatic rings. The van der Waals surface area contributed by atoms with Crippen molar-refractivity contribution in [2.45, 2.75) is 31.9 Å². The van der Waals surface area contributed by atoms with E-state index in [0.29, 0.717) is 6.42 Å². The number of carbonyl (C=O) groups is 1. The van der Waals surface area contributed by atoms with Gasteiger partial charge in [0.25, 0.3) is 0 Å². The Hall–Kier alpha value is -0.510. The third kappa shape index (κ3) is 2.05. The summed E-state index contributed by atoms with van der Waals surface area (Å²) in [5, 5.41) is 0. The fourth-order valence-corrected chi connectivity index (χ4v) is 1.66. The Bertz CT molecular complexity index is 240. The molecular weight excluding hydrogens is 191 g/mol. The number of esters is 1. The highest BCUT2D eigenvalue weighted by molar-refractivity contribution is 7.84. The second-order valence-electron chi connectivity index (χ2n) is 3.00. The highest BCUT2D eigenvalue weighted by atomic mass is 32.1. The zero-order chi connectivity index (χ0) is 9.90. The summed E-state index contributed by atoms with van der Waals surface area (Å²) in [6.07, 6.45) is 3.27. The van der Waals surface area contributed by atoms with Gasteiger partial charge in [0.1, 0.15) is 0 Å². The maximum atomic E-state index is 13.9. The van der Waals surface area contributed by atoms with Crippen molar-refractivity contribution in [3.8, 4) is 0 Å². The average molecular weight is 204 g/mol. The first kappa shape index (κ1) is 10.6. The van der Waals surface area contributed by atoms with Gasteiger partial charge >= 0.3 is 5.97 Å². The van der Waals surface area contributed by atoms with E-state index in [2.05, 4.69) is 17.4 Å². The van der Waals surface area contributed by atoms with Crippen LogP contribution in [0.5, 0.6) is 0 Å². The number of thiol groups is 1. The third-order valence-electron chi connectivity index (χ3n) is 2.07. The molecule has 0 saturated heterocycles. The van der Waals surface area contributed by atoms with Gasteiger partial charge < -0.3 is 4.74 Å². The number of alkyl halides is 1. The Morgan fingerprint density at radius 1 is 1.85 bits per heavy atom. The zero-order valence-corrected chi connectivity index (χ0v) is 8.44. The zero-order valence-electron chi connectivity index (χ0n) is 7.55. The number of ether oxygens (including phenoxy) is 1. The van der Waals surface area contributed by atoms with Crippen molar-refractivity contribution in [2.75, 3.05) is 6.61 Å². The molecule has 0 aromatic carbocycles. The molecule has 0 radical (unpaired) electrons. The summed E-state index contributed by atoms with van der Waals surface area (Å²) in [6, 6.07) is 0. The van der Waals surface area contributed by atoms with Crippen molar-refractivity contribution in [2.24, 2.45) is 0 Å². The highest BCUT2D eigenvalue weighted by Crippen LogP contribution is 2.36. The summed E-state index contributed by atoms with van der Waals surface area (Å²) >= 11 is 3.96. The molecule has 4 heteroatoms. The second-order valence-corrected chi connectivity index (χ2v) is 3.49. The van der Waals surface area contributed by atoms with Crippen LogP contribution in [0.3, 0.4) is 0 Å². The van der Waals surface area contributed by atoms with Gasteiger partial charge in [-0.25, -0.2) is 9.18 Å². The fourth-order valence-electron chi connectivity index (χ4n) is 1.33. The number of allylic oxidation sites excluding steroid dienone is 1. The monoisotopic (exact) mass is 204 g/mol. The Morgan fingerprint density at radius 3 is 3.08 bits per heavy atom. The minimum atomic E-state index is -1.99. The predicted octanol–water partition coefficient (Wildman–Crippen LogP) is 2.26. The first-order valence-corrected chi connectivity index (χ1v) is 4.81.